The van der Waals surface area contributed by atoms with E-state index in [0.29, 0.717) is 19.6 Å². The van der Waals surface area contributed by atoms with Gasteiger partial charge in [-0.25, -0.2) is 0 Å². The van der Waals surface area contributed by atoms with Crippen molar-refractivity contribution in [3.05, 3.63) is 17.5 Å². The number of nitrogens with one attached hydrogen (secondary N) is 1. The monoisotopic (exact) mass is 300 g/mol. The summed E-state index contributed by atoms with van der Waals surface area (Å²) in [5.41, 5.74) is 1.96. The molecule has 0 bridgehead atoms. The second-order valence-corrected chi connectivity index (χ2v) is 7.06. The maximum atomic E-state index is 12.8. The lowest BCUT2D eigenvalue weighted by Crippen LogP contribution is -2.47. The van der Waals surface area contributed by atoms with Gasteiger partial charge in [-0.1, -0.05) is 20.3 Å². The molecule has 1 aliphatic rings. The number of aromatic nitrogens is 2. The van der Waals surface area contributed by atoms with E-state index in [1.54, 1.807) is 10.5 Å². The maximum absolute atomic E-state index is 12.8. The normalized spacial score (nSPS) is 21.5. The second-order valence-electron chi connectivity index (χ2n) is 5.18. The molecule has 0 saturated carbocycles. The predicted molar refractivity (Wildman–Crippen MR) is 78.5 cm³/mol. The molecule has 1 saturated heterocycles. The summed E-state index contributed by atoms with van der Waals surface area (Å²) < 4.78 is 28.7. The molecule has 2 rings (SSSR count). The van der Waals surface area contributed by atoms with Crippen LogP contribution in [0.15, 0.2) is 6.20 Å². The van der Waals surface area contributed by atoms with Gasteiger partial charge < -0.3 is 0 Å². The Morgan fingerprint density at radius 2 is 2.10 bits per heavy atom. The van der Waals surface area contributed by atoms with Crippen LogP contribution in [0.4, 0.5) is 0 Å². The van der Waals surface area contributed by atoms with Gasteiger partial charge in [0.2, 0.25) is 0 Å². The minimum absolute atomic E-state index is 0.114. The number of hydrogen-bond donors (Lipinski definition) is 1. The topological polar surface area (TPSA) is 69.3 Å². The van der Waals surface area contributed by atoms with E-state index in [2.05, 4.69) is 10.2 Å². The van der Waals surface area contributed by atoms with Gasteiger partial charge in [-0.15, -0.1) is 0 Å². The molecule has 0 spiro atoms. The second kappa shape index (κ2) is 6.24. The Hall–Kier alpha value is -0.920. The standard InChI is InChI=1S/C13H24N4O2S/c1-4-16(5-2)20(18,19)17-9-7-6-8-12(17)13-11(3)10-14-15-13/h10,12H,4-9H2,1-3H3,(H,14,15)/t12-/m1/s1. The van der Waals surface area contributed by atoms with Crippen LogP contribution in [0, 0.1) is 6.92 Å². The molecule has 1 atom stereocenters. The predicted octanol–water partition coefficient (Wildman–Crippen LogP) is 1.83. The maximum Gasteiger partial charge on any atom is 0.282 e. The minimum Gasteiger partial charge on any atom is -0.281 e. The summed E-state index contributed by atoms with van der Waals surface area (Å²) in [6.07, 6.45) is 4.58. The molecular weight excluding hydrogens is 276 g/mol. The summed E-state index contributed by atoms with van der Waals surface area (Å²) in [4.78, 5) is 0. The molecule has 1 aliphatic heterocycles. The third-order valence-electron chi connectivity index (χ3n) is 3.98. The molecule has 1 N–H and O–H groups in total. The van der Waals surface area contributed by atoms with E-state index < -0.39 is 10.2 Å². The zero-order valence-corrected chi connectivity index (χ0v) is 13.3. The zero-order chi connectivity index (χ0) is 14.8. The number of H-pyrrole nitrogens is 1. The highest BCUT2D eigenvalue weighted by molar-refractivity contribution is 7.86. The van der Waals surface area contributed by atoms with Crippen LogP contribution in [0.2, 0.25) is 0 Å². The van der Waals surface area contributed by atoms with Crippen LogP contribution in [0.25, 0.3) is 0 Å². The smallest absolute Gasteiger partial charge is 0.281 e. The van der Waals surface area contributed by atoms with Gasteiger partial charge in [0.1, 0.15) is 0 Å². The number of nitrogens with zero attached hydrogens (tertiary/aromatic N) is 3. The molecule has 1 aromatic rings. The van der Waals surface area contributed by atoms with Gasteiger partial charge in [0.25, 0.3) is 10.2 Å². The van der Waals surface area contributed by atoms with Gasteiger partial charge in [0.05, 0.1) is 17.9 Å². The number of aryl methyl sites for hydroxylation is 1. The molecular formula is C13H24N4O2S. The first-order valence-electron chi connectivity index (χ1n) is 7.29. The largest absolute Gasteiger partial charge is 0.282 e. The van der Waals surface area contributed by atoms with Crippen LogP contribution in [0.5, 0.6) is 0 Å². The van der Waals surface area contributed by atoms with Crippen LogP contribution >= 0.6 is 0 Å². The van der Waals surface area contributed by atoms with Crippen molar-refractivity contribution in [2.45, 2.75) is 46.1 Å². The number of hydrogen-bond acceptors (Lipinski definition) is 3. The average Bonchev–Trinajstić information content (AvgIpc) is 2.86. The van der Waals surface area contributed by atoms with E-state index in [0.717, 1.165) is 30.5 Å². The molecule has 0 aromatic carbocycles. The fourth-order valence-electron chi connectivity index (χ4n) is 2.86. The van der Waals surface area contributed by atoms with Crippen molar-refractivity contribution in [2.24, 2.45) is 0 Å². The Kier molecular flexibility index (Phi) is 4.82. The van der Waals surface area contributed by atoms with Gasteiger partial charge in [0.15, 0.2) is 0 Å². The van der Waals surface area contributed by atoms with Crippen LogP contribution in [0.3, 0.4) is 0 Å². The van der Waals surface area contributed by atoms with Gasteiger partial charge in [-0.3, -0.25) is 5.10 Å². The molecule has 7 heteroatoms. The van der Waals surface area contributed by atoms with Crippen molar-refractivity contribution in [3.8, 4) is 0 Å². The lowest BCUT2D eigenvalue weighted by Gasteiger charge is -2.37. The third-order valence-corrected chi connectivity index (χ3v) is 6.18. The third kappa shape index (κ3) is 2.75. The van der Waals surface area contributed by atoms with Crippen molar-refractivity contribution in [3.63, 3.8) is 0 Å². The summed E-state index contributed by atoms with van der Waals surface area (Å²) in [5.74, 6) is 0. The van der Waals surface area contributed by atoms with Crippen LogP contribution in [-0.4, -0.2) is 46.9 Å². The van der Waals surface area contributed by atoms with Crippen molar-refractivity contribution >= 4 is 10.2 Å². The molecule has 114 valence electrons. The molecule has 1 aromatic heterocycles. The van der Waals surface area contributed by atoms with Gasteiger partial charge in [0, 0.05) is 19.6 Å². The van der Waals surface area contributed by atoms with Crippen LogP contribution < -0.4 is 0 Å². The summed E-state index contributed by atoms with van der Waals surface area (Å²) in [5, 5.41) is 7.02. The van der Waals surface area contributed by atoms with E-state index in [-0.39, 0.29) is 6.04 Å². The molecule has 0 unspecified atom stereocenters. The first kappa shape index (κ1) is 15.5. The van der Waals surface area contributed by atoms with E-state index in [9.17, 15) is 8.42 Å². The Labute approximate surface area is 121 Å². The first-order valence-corrected chi connectivity index (χ1v) is 8.68. The molecule has 20 heavy (non-hydrogen) atoms. The lowest BCUT2D eigenvalue weighted by atomic mass is 10.00. The van der Waals surface area contributed by atoms with Gasteiger partial charge in [-0.05, 0) is 25.3 Å². The van der Waals surface area contributed by atoms with Gasteiger partial charge in [-0.2, -0.15) is 22.1 Å². The highest BCUT2D eigenvalue weighted by Crippen LogP contribution is 2.34. The van der Waals surface area contributed by atoms with Crippen LogP contribution in [-0.2, 0) is 10.2 Å². The first-order chi connectivity index (χ1) is 9.52. The Morgan fingerprint density at radius 1 is 1.40 bits per heavy atom. The quantitative estimate of drug-likeness (QED) is 0.902. The fraction of sp³-hybridized carbons (Fsp3) is 0.769. The number of aromatic amines is 1. The molecule has 2 heterocycles. The molecule has 0 amide bonds. The molecule has 0 aliphatic carbocycles. The number of rotatable bonds is 5. The molecule has 6 nitrogen and oxygen atoms in total. The fourth-order valence-corrected chi connectivity index (χ4v) is 4.70. The Morgan fingerprint density at radius 3 is 2.65 bits per heavy atom. The summed E-state index contributed by atoms with van der Waals surface area (Å²) in [6, 6.07) is -0.114. The zero-order valence-electron chi connectivity index (χ0n) is 12.5. The van der Waals surface area contributed by atoms with Crippen LogP contribution in [0.1, 0.15) is 50.4 Å². The molecule has 0 radical (unpaired) electrons. The highest BCUT2D eigenvalue weighted by Gasteiger charge is 2.37. The summed E-state index contributed by atoms with van der Waals surface area (Å²) in [7, 11) is -3.40. The number of piperidine rings is 1. The Balaban J connectivity index is 2.34. The Bertz CT molecular complexity index is 536. The minimum atomic E-state index is -3.40. The van der Waals surface area contributed by atoms with Crippen molar-refractivity contribution in [1.82, 2.24) is 18.8 Å². The van der Waals surface area contributed by atoms with Crippen molar-refractivity contribution in [2.75, 3.05) is 19.6 Å². The van der Waals surface area contributed by atoms with E-state index in [4.69, 9.17) is 0 Å². The van der Waals surface area contributed by atoms with Crippen molar-refractivity contribution in [1.29, 1.82) is 0 Å². The molecule has 1 fully saturated rings. The van der Waals surface area contributed by atoms with E-state index in [1.807, 2.05) is 20.8 Å². The van der Waals surface area contributed by atoms with E-state index >= 15 is 0 Å². The average molecular weight is 300 g/mol. The highest BCUT2D eigenvalue weighted by atomic mass is 32.2. The van der Waals surface area contributed by atoms with Gasteiger partial charge >= 0.3 is 0 Å². The summed E-state index contributed by atoms with van der Waals surface area (Å²) in [6.45, 7) is 7.31. The van der Waals surface area contributed by atoms with Crippen molar-refractivity contribution < 1.29 is 8.42 Å². The summed E-state index contributed by atoms with van der Waals surface area (Å²) >= 11 is 0. The lowest BCUT2D eigenvalue weighted by molar-refractivity contribution is 0.231. The SMILES string of the molecule is CCN(CC)S(=O)(=O)N1CCCC[C@@H]1c1[nH]ncc1C. The van der Waals surface area contributed by atoms with E-state index in [1.165, 1.54) is 4.31 Å².